The van der Waals surface area contributed by atoms with E-state index in [-0.39, 0.29) is 49.6 Å². The normalized spacial score (nSPS) is 16.2. The highest BCUT2D eigenvalue weighted by Crippen LogP contribution is 2.27. The molecule has 2 heterocycles. The monoisotopic (exact) mass is 485 g/mol. The number of nitrogen functional groups attached to an aromatic ring is 1. The smallest absolute Gasteiger partial charge is 0.330 e. The van der Waals surface area contributed by atoms with Crippen LogP contribution in [0, 0.1) is 11.3 Å². The number of aromatic nitrogens is 2. The van der Waals surface area contributed by atoms with Crippen LogP contribution in [0.15, 0.2) is 39.9 Å². The second kappa shape index (κ2) is 10.9. The Balaban J connectivity index is 1.98. The standard InChI is InChI=1S/C25H35N5O5/c1-25(2,3)23(33)28-12-8-11-18(16-28)22(32)29(13-14-35-4)19-20(26)30(24(34)27-21(19)31)15-17-9-6-5-7-10-17/h5-7,9-10,18H,8,11-16,26H2,1-4H3,(H,27,31,34). The Morgan fingerprint density at radius 1 is 1.20 bits per heavy atom. The van der Waals surface area contributed by atoms with Crippen molar-refractivity contribution in [1.29, 1.82) is 0 Å². The fourth-order valence-corrected chi connectivity index (χ4v) is 4.33. The number of carbonyl (C=O) groups is 2. The van der Waals surface area contributed by atoms with Gasteiger partial charge in [-0.05, 0) is 18.4 Å². The number of nitrogens with zero attached hydrogens (tertiary/aromatic N) is 3. The molecule has 0 spiro atoms. The molecule has 10 nitrogen and oxygen atoms in total. The highest BCUT2D eigenvalue weighted by atomic mass is 16.5. The summed E-state index contributed by atoms with van der Waals surface area (Å²) < 4.78 is 6.43. The topological polar surface area (TPSA) is 131 Å². The van der Waals surface area contributed by atoms with E-state index in [2.05, 4.69) is 4.98 Å². The minimum atomic E-state index is -0.736. The van der Waals surface area contributed by atoms with Crippen LogP contribution in [-0.4, -0.2) is 59.6 Å². The summed E-state index contributed by atoms with van der Waals surface area (Å²) in [6.07, 6.45) is 1.26. The van der Waals surface area contributed by atoms with E-state index in [1.807, 2.05) is 51.1 Å². The molecule has 35 heavy (non-hydrogen) atoms. The summed E-state index contributed by atoms with van der Waals surface area (Å²) in [5, 5.41) is 0. The second-order valence-corrected chi connectivity index (χ2v) is 9.89. The van der Waals surface area contributed by atoms with E-state index < -0.39 is 22.6 Å². The van der Waals surface area contributed by atoms with Crippen molar-refractivity contribution in [2.75, 3.05) is 44.0 Å². The van der Waals surface area contributed by atoms with Crippen molar-refractivity contribution in [2.24, 2.45) is 11.3 Å². The van der Waals surface area contributed by atoms with Crippen LogP contribution >= 0.6 is 0 Å². The Hall–Kier alpha value is -3.40. The highest BCUT2D eigenvalue weighted by Gasteiger charge is 2.36. The lowest BCUT2D eigenvalue weighted by Gasteiger charge is -2.37. The maximum atomic E-state index is 13.7. The van der Waals surface area contributed by atoms with Crippen LogP contribution in [0.2, 0.25) is 0 Å². The minimum Gasteiger partial charge on any atom is -0.383 e. The number of rotatable bonds is 7. The molecule has 3 N–H and O–H groups in total. The molecule has 0 aliphatic carbocycles. The van der Waals surface area contributed by atoms with E-state index in [1.54, 1.807) is 4.90 Å². The van der Waals surface area contributed by atoms with Gasteiger partial charge in [-0.2, -0.15) is 0 Å². The largest absolute Gasteiger partial charge is 0.383 e. The molecule has 1 aliphatic heterocycles. The Bertz CT molecular complexity index is 1170. The van der Waals surface area contributed by atoms with Gasteiger partial charge in [0.15, 0.2) is 5.69 Å². The molecule has 1 aromatic heterocycles. The van der Waals surface area contributed by atoms with E-state index in [1.165, 1.54) is 16.6 Å². The molecule has 0 bridgehead atoms. The van der Waals surface area contributed by atoms with Gasteiger partial charge in [0, 0.05) is 32.2 Å². The number of ether oxygens (including phenoxy) is 1. The first-order valence-corrected chi connectivity index (χ1v) is 11.8. The molecule has 1 saturated heterocycles. The van der Waals surface area contributed by atoms with Crippen LogP contribution < -0.4 is 21.9 Å². The molecular weight excluding hydrogens is 450 g/mol. The number of piperidine rings is 1. The first-order valence-electron chi connectivity index (χ1n) is 11.8. The number of methoxy groups -OCH3 is 1. The third-order valence-corrected chi connectivity index (χ3v) is 6.15. The summed E-state index contributed by atoms with van der Waals surface area (Å²) in [4.78, 5) is 57.4. The quantitative estimate of drug-likeness (QED) is 0.610. The number of anilines is 2. The van der Waals surface area contributed by atoms with Crippen molar-refractivity contribution in [3.8, 4) is 0 Å². The average molecular weight is 486 g/mol. The molecule has 1 fully saturated rings. The van der Waals surface area contributed by atoms with E-state index >= 15 is 0 Å². The van der Waals surface area contributed by atoms with Crippen molar-refractivity contribution >= 4 is 23.3 Å². The van der Waals surface area contributed by atoms with Gasteiger partial charge in [-0.3, -0.25) is 23.9 Å². The predicted octanol–water partition coefficient (Wildman–Crippen LogP) is 1.43. The molecule has 1 atom stereocenters. The summed E-state index contributed by atoms with van der Waals surface area (Å²) in [5.41, 5.74) is 5.13. The zero-order chi connectivity index (χ0) is 25.8. The Morgan fingerprint density at radius 3 is 2.51 bits per heavy atom. The Labute approximate surface area is 204 Å². The summed E-state index contributed by atoms with van der Waals surface area (Å²) in [6, 6.07) is 9.22. The lowest BCUT2D eigenvalue weighted by Crippen LogP contribution is -2.51. The van der Waals surface area contributed by atoms with Gasteiger partial charge >= 0.3 is 5.69 Å². The summed E-state index contributed by atoms with van der Waals surface area (Å²) >= 11 is 0. The van der Waals surface area contributed by atoms with Gasteiger partial charge < -0.3 is 20.3 Å². The first-order chi connectivity index (χ1) is 16.5. The molecule has 2 amide bonds. The Kier molecular flexibility index (Phi) is 8.16. The fraction of sp³-hybridized carbons (Fsp3) is 0.520. The lowest BCUT2D eigenvalue weighted by molar-refractivity contribution is -0.142. The number of likely N-dealkylation sites (tertiary alicyclic amines) is 1. The summed E-state index contributed by atoms with van der Waals surface area (Å²) in [7, 11) is 1.50. The van der Waals surface area contributed by atoms with Gasteiger partial charge in [-0.15, -0.1) is 0 Å². The highest BCUT2D eigenvalue weighted by molar-refractivity contribution is 5.97. The molecule has 1 aromatic carbocycles. The third kappa shape index (κ3) is 6.00. The van der Waals surface area contributed by atoms with Gasteiger partial charge in [0.05, 0.1) is 19.1 Å². The van der Waals surface area contributed by atoms with E-state index in [0.29, 0.717) is 19.4 Å². The van der Waals surface area contributed by atoms with Crippen LogP contribution in [0.1, 0.15) is 39.2 Å². The van der Waals surface area contributed by atoms with Crippen LogP contribution in [0.5, 0.6) is 0 Å². The number of hydrogen-bond donors (Lipinski definition) is 2. The number of carbonyl (C=O) groups excluding carboxylic acids is 2. The number of hydrogen-bond acceptors (Lipinski definition) is 6. The molecule has 3 rings (SSSR count). The number of nitrogens with one attached hydrogen (secondary N) is 1. The fourth-order valence-electron chi connectivity index (χ4n) is 4.33. The molecule has 1 unspecified atom stereocenters. The second-order valence-electron chi connectivity index (χ2n) is 9.89. The SMILES string of the molecule is COCCN(C(=O)C1CCCN(C(=O)C(C)(C)C)C1)c1c(N)n(Cc2ccccc2)c(=O)[nH]c1=O. The molecule has 10 heteroatoms. The van der Waals surface area contributed by atoms with Crippen LogP contribution in [0.3, 0.4) is 0 Å². The van der Waals surface area contributed by atoms with Gasteiger partial charge in [-0.25, -0.2) is 4.79 Å². The molecule has 190 valence electrons. The number of aromatic amines is 1. The van der Waals surface area contributed by atoms with Crippen molar-refractivity contribution in [2.45, 2.75) is 40.2 Å². The van der Waals surface area contributed by atoms with Gasteiger partial charge in [0.25, 0.3) is 5.56 Å². The molecule has 2 aromatic rings. The predicted molar refractivity (Wildman–Crippen MR) is 134 cm³/mol. The number of benzene rings is 1. The average Bonchev–Trinajstić information content (AvgIpc) is 2.83. The number of nitrogens with two attached hydrogens (primary N) is 1. The molecule has 1 aliphatic rings. The van der Waals surface area contributed by atoms with Gasteiger partial charge in [-0.1, -0.05) is 51.1 Å². The van der Waals surface area contributed by atoms with Crippen molar-refractivity contribution in [1.82, 2.24) is 14.5 Å². The van der Waals surface area contributed by atoms with Crippen molar-refractivity contribution < 1.29 is 14.3 Å². The minimum absolute atomic E-state index is 0.0211. The van der Waals surface area contributed by atoms with Crippen LogP contribution in [-0.2, 0) is 20.9 Å². The zero-order valence-corrected chi connectivity index (χ0v) is 20.9. The lowest BCUT2D eigenvalue weighted by atomic mass is 9.90. The van der Waals surface area contributed by atoms with Crippen LogP contribution in [0.4, 0.5) is 11.5 Å². The van der Waals surface area contributed by atoms with Gasteiger partial charge in [0.2, 0.25) is 11.8 Å². The number of H-pyrrole nitrogens is 1. The number of amides is 2. The van der Waals surface area contributed by atoms with E-state index in [4.69, 9.17) is 10.5 Å². The van der Waals surface area contributed by atoms with E-state index in [0.717, 1.165) is 5.56 Å². The molecular formula is C25H35N5O5. The Morgan fingerprint density at radius 2 is 1.89 bits per heavy atom. The molecule has 0 saturated carbocycles. The van der Waals surface area contributed by atoms with Gasteiger partial charge in [0.1, 0.15) is 5.82 Å². The van der Waals surface area contributed by atoms with Crippen LogP contribution in [0.25, 0.3) is 0 Å². The summed E-state index contributed by atoms with van der Waals surface area (Å²) in [5.74, 6) is -0.937. The molecule has 0 radical (unpaired) electrons. The maximum absolute atomic E-state index is 13.7. The first kappa shape index (κ1) is 26.2. The third-order valence-electron chi connectivity index (χ3n) is 6.15. The van der Waals surface area contributed by atoms with E-state index in [9.17, 15) is 19.2 Å². The zero-order valence-electron chi connectivity index (χ0n) is 20.9. The van der Waals surface area contributed by atoms with Crippen molar-refractivity contribution in [3.05, 3.63) is 56.7 Å². The summed E-state index contributed by atoms with van der Waals surface area (Å²) in [6.45, 7) is 6.78. The maximum Gasteiger partial charge on any atom is 0.330 e. The van der Waals surface area contributed by atoms with Crippen molar-refractivity contribution in [3.63, 3.8) is 0 Å².